The van der Waals surface area contributed by atoms with Gasteiger partial charge in [-0.25, -0.2) is 0 Å². The number of carbonyl (C=O) groups excluding carboxylic acids is 1. The Morgan fingerprint density at radius 1 is 1.64 bits per heavy atom. The number of rotatable bonds is 5. The van der Waals surface area contributed by atoms with Crippen LogP contribution in [-0.2, 0) is 9.53 Å². The van der Waals surface area contributed by atoms with Crippen LogP contribution in [0.15, 0.2) is 0 Å². The zero-order valence-corrected chi connectivity index (χ0v) is 9.21. The Morgan fingerprint density at radius 3 is 2.86 bits per heavy atom. The molecule has 0 saturated heterocycles. The Morgan fingerprint density at radius 2 is 2.36 bits per heavy atom. The van der Waals surface area contributed by atoms with E-state index < -0.39 is 0 Å². The summed E-state index contributed by atoms with van der Waals surface area (Å²) in [6, 6.07) is 0.0280. The van der Waals surface area contributed by atoms with Crippen LogP contribution in [0.3, 0.4) is 0 Å². The molecule has 1 fully saturated rings. The Balaban J connectivity index is 2.42. The van der Waals surface area contributed by atoms with Gasteiger partial charge in [-0.15, -0.1) is 0 Å². The van der Waals surface area contributed by atoms with E-state index in [-0.39, 0.29) is 23.8 Å². The average Bonchev–Trinajstić information content (AvgIpc) is 2.49. The molecule has 1 aliphatic carbocycles. The monoisotopic (exact) mass is 199 g/mol. The first-order chi connectivity index (χ1) is 6.61. The molecular formula is C11H21NO2. The van der Waals surface area contributed by atoms with E-state index in [2.05, 4.69) is 0 Å². The highest BCUT2D eigenvalue weighted by molar-refractivity contribution is 5.86. The van der Waals surface area contributed by atoms with Crippen LogP contribution in [0.1, 0.15) is 39.5 Å². The quantitative estimate of drug-likeness (QED) is 0.683. The van der Waals surface area contributed by atoms with E-state index in [0.29, 0.717) is 6.61 Å². The van der Waals surface area contributed by atoms with E-state index in [1.54, 1.807) is 0 Å². The second-order valence-corrected chi connectivity index (χ2v) is 4.39. The van der Waals surface area contributed by atoms with Crippen LogP contribution in [0.25, 0.3) is 0 Å². The van der Waals surface area contributed by atoms with Crippen molar-refractivity contribution in [3.8, 4) is 0 Å². The smallest absolute Gasteiger partial charge is 0.165 e. The van der Waals surface area contributed by atoms with Gasteiger partial charge in [0, 0.05) is 18.1 Å². The molecular weight excluding hydrogens is 178 g/mol. The predicted molar refractivity (Wildman–Crippen MR) is 56.1 cm³/mol. The summed E-state index contributed by atoms with van der Waals surface area (Å²) in [5.74, 6) is 0.177. The lowest BCUT2D eigenvalue weighted by Crippen LogP contribution is -2.42. The fourth-order valence-electron chi connectivity index (χ4n) is 2.01. The number of Topliss-reactive ketones (excluding diaryl/α,β-unsaturated/α-hetero) is 1. The zero-order valence-electron chi connectivity index (χ0n) is 9.21. The van der Waals surface area contributed by atoms with Gasteiger partial charge in [0.15, 0.2) is 5.78 Å². The molecule has 2 unspecified atom stereocenters. The summed E-state index contributed by atoms with van der Waals surface area (Å²) in [4.78, 5) is 11.8. The maximum atomic E-state index is 11.8. The lowest BCUT2D eigenvalue weighted by Gasteiger charge is -2.27. The summed E-state index contributed by atoms with van der Waals surface area (Å²) in [5, 5.41) is 0. The summed E-state index contributed by atoms with van der Waals surface area (Å²) < 4.78 is 5.27. The summed E-state index contributed by atoms with van der Waals surface area (Å²) in [7, 11) is 0. The Labute approximate surface area is 86.0 Å². The van der Waals surface area contributed by atoms with Crippen LogP contribution >= 0.6 is 0 Å². The van der Waals surface area contributed by atoms with Crippen molar-refractivity contribution >= 4 is 5.78 Å². The molecule has 3 nitrogen and oxygen atoms in total. The van der Waals surface area contributed by atoms with Crippen molar-refractivity contribution in [1.29, 1.82) is 0 Å². The van der Waals surface area contributed by atoms with Gasteiger partial charge in [-0.05, 0) is 19.3 Å². The van der Waals surface area contributed by atoms with Crippen molar-refractivity contribution in [3.63, 3.8) is 0 Å². The molecule has 0 aromatic rings. The number of carbonyl (C=O) groups is 1. The fourth-order valence-corrected chi connectivity index (χ4v) is 2.01. The van der Waals surface area contributed by atoms with Crippen LogP contribution in [0, 0.1) is 5.41 Å². The largest absolute Gasteiger partial charge is 0.374 e. The number of hydrogen-bond donors (Lipinski definition) is 1. The highest BCUT2D eigenvalue weighted by atomic mass is 16.5. The molecule has 1 saturated carbocycles. The van der Waals surface area contributed by atoms with Gasteiger partial charge in [-0.3, -0.25) is 4.79 Å². The number of ketones is 1. The van der Waals surface area contributed by atoms with E-state index in [1.165, 1.54) is 0 Å². The van der Waals surface area contributed by atoms with E-state index in [0.717, 1.165) is 25.7 Å². The number of hydrogen-bond acceptors (Lipinski definition) is 3. The molecule has 0 aromatic heterocycles. The third-order valence-corrected chi connectivity index (χ3v) is 3.25. The van der Waals surface area contributed by atoms with E-state index in [9.17, 15) is 4.79 Å². The maximum absolute atomic E-state index is 11.8. The fraction of sp³-hybridized carbons (Fsp3) is 0.909. The Kier molecular flexibility index (Phi) is 4.08. The maximum Gasteiger partial charge on any atom is 0.165 e. The van der Waals surface area contributed by atoms with Gasteiger partial charge in [-0.1, -0.05) is 20.3 Å². The van der Waals surface area contributed by atoms with Crippen molar-refractivity contribution in [2.45, 2.75) is 45.6 Å². The predicted octanol–water partition coefficient (Wildman–Crippen LogP) is 1.50. The lowest BCUT2D eigenvalue weighted by molar-refractivity contribution is -0.133. The molecule has 0 spiro atoms. The first-order valence-electron chi connectivity index (χ1n) is 5.48. The molecule has 0 aromatic carbocycles. The second kappa shape index (κ2) is 4.89. The van der Waals surface area contributed by atoms with Gasteiger partial charge in [0.1, 0.15) is 6.61 Å². The molecule has 0 aliphatic heterocycles. The van der Waals surface area contributed by atoms with Crippen LogP contribution in [-0.4, -0.2) is 25.0 Å². The van der Waals surface area contributed by atoms with Crippen molar-refractivity contribution in [1.82, 2.24) is 0 Å². The van der Waals surface area contributed by atoms with Gasteiger partial charge in [0.05, 0.1) is 0 Å². The molecule has 2 atom stereocenters. The normalized spacial score (nSPS) is 32.1. The molecule has 1 aliphatic rings. The molecule has 3 heteroatoms. The van der Waals surface area contributed by atoms with Crippen LogP contribution < -0.4 is 5.73 Å². The summed E-state index contributed by atoms with van der Waals surface area (Å²) >= 11 is 0. The third-order valence-electron chi connectivity index (χ3n) is 3.25. The SMILES string of the molecule is CCCOCC(=O)C1(C)CCCC1N. The third kappa shape index (κ3) is 2.34. The molecule has 0 bridgehead atoms. The highest BCUT2D eigenvalue weighted by Crippen LogP contribution is 2.37. The summed E-state index contributed by atoms with van der Waals surface area (Å²) in [6.45, 7) is 4.91. The Bertz CT molecular complexity index is 205. The van der Waals surface area contributed by atoms with Gasteiger partial charge < -0.3 is 10.5 Å². The van der Waals surface area contributed by atoms with Gasteiger partial charge in [0.2, 0.25) is 0 Å². The van der Waals surface area contributed by atoms with Crippen molar-refractivity contribution in [3.05, 3.63) is 0 Å². The second-order valence-electron chi connectivity index (χ2n) is 4.39. The van der Waals surface area contributed by atoms with Crippen molar-refractivity contribution in [2.24, 2.45) is 11.1 Å². The first kappa shape index (κ1) is 11.7. The minimum Gasteiger partial charge on any atom is -0.374 e. The van der Waals surface area contributed by atoms with E-state index in [1.807, 2.05) is 13.8 Å². The molecule has 2 N–H and O–H groups in total. The summed E-state index contributed by atoms with van der Waals surface area (Å²) in [5.41, 5.74) is 5.62. The van der Waals surface area contributed by atoms with Crippen LogP contribution in [0.4, 0.5) is 0 Å². The average molecular weight is 199 g/mol. The first-order valence-corrected chi connectivity index (χ1v) is 5.48. The molecule has 1 rings (SSSR count). The Hall–Kier alpha value is -0.410. The van der Waals surface area contributed by atoms with Gasteiger partial charge in [0.25, 0.3) is 0 Å². The molecule has 0 heterocycles. The minimum atomic E-state index is -0.326. The minimum absolute atomic E-state index is 0.0280. The molecule has 14 heavy (non-hydrogen) atoms. The summed E-state index contributed by atoms with van der Waals surface area (Å²) in [6.07, 6.45) is 3.91. The van der Waals surface area contributed by atoms with Crippen molar-refractivity contribution < 1.29 is 9.53 Å². The van der Waals surface area contributed by atoms with Crippen LogP contribution in [0.2, 0.25) is 0 Å². The lowest BCUT2D eigenvalue weighted by atomic mass is 9.81. The number of ether oxygens (including phenoxy) is 1. The molecule has 82 valence electrons. The topological polar surface area (TPSA) is 52.3 Å². The van der Waals surface area contributed by atoms with E-state index >= 15 is 0 Å². The highest BCUT2D eigenvalue weighted by Gasteiger charge is 2.42. The number of nitrogens with two attached hydrogens (primary N) is 1. The van der Waals surface area contributed by atoms with E-state index in [4.69, 9.17) is 10.5 Å². The molecule has 0 radical (unpaired) electrons. The van der Waals surface area contributed by atoms with Crippen LogP contribution in [0.5, 0.6) is 0 Å². The molecule has 0 amide bonds. The van der Waals surface area contributed by atoms with Crippen molar-refractivity contribution in [2.75, 3.05) is 13.2 Å². The zero-order chi connectivity index (χ0) is 10.6. The van der Waals surface area contributed by atoms with Gasteiger partial charge >= 0.3 is 0 Å². The standard InChI is InChI=1S/C11H21NO2/c1-3-7-14-8-10(13)11(2)6-4-5-9(11)12/h9H,3-8,12H2,1-2H3. The van der Waals surface area contributed by atoms with Gasteiger partial charge in [-0.2, -0.15) is 0 Å².